The van der Waals surface area contributed by atoms with Gasteiger partial charge in [0, 0.05) is 23.3 Å². The molecule has 0 aliphatic carbocycles. The smallest absolute Gasteiger partial charge is 0.226 e. The number of hydrogen-bond acceptors (Lipinski definition) is 7. The minimum atomic E-state index is -0.328. The van der Waals surface area contributed by atoms with E-state index in [9.17, 15) is 9.18 Å². The molecule has 162 valence electrons. The monoisotopic (exact) mass is 435 g/mol. The number of nitrogens with zero attached hydrogens (tertiary/aromatic N) is 2. The predicted molar refractivity (Wildman–Crippen MR) is 110 cm³/mol. The molecule has 1 amide bonds. The molecule has 0 fully saturated rings. The number of carbonyl (C=O) groups excluding carboxylic acids is 1. The van der Waals surface area contributed by atoms with Crippen LogP contribution >= 0.6 is 0 Å². The fraction of sp³-hybridized carbons (Fsp3) is 0.174. The van der Waals surface area contributed by atoms with Gasteiger partial charge in [0.05, 0.1) is 18.7 Å². The van der Waals surface area contributed by atoms with Crippen LogP contribution in [0.2, 0.25) is 0 Å². The van der Waals surface area contributed by atoms with Crippen molar-refractivity contribution in [3.8, 4) is 34.1 Å². The molecule has 3 heterocycles. The third-order valence-corrected chi connectivity index (χ3v) is 4.88. The van der Waals surface area contributed by atoms with Crippen LogP contribution in [-0.4, -0.2) is 29.4 Å². The summed E-state index contributed by atoms with van der Waals surface area (Å²) in [4.78, 5) is 12.3. The SMILES string of the molecule is O=C(Cc1cc(-c2ccc3c(c2)OCCO3)on1)NCc1cc(-c2ccc(F)cc2)on1. The minimum Gasteiger partial charge on any atom is -0.486 e. The summed E-state index contributed by atoms with van der Waals surface area (Å²) in [6.07, 6.45) is 0.0523. The molecule has 1 aliphatic rings. The van der Waals surface area contributed by atoms with Crippen molar-refractivity contribution >= 4 is 5.91 Å². The van der Waals surface area contributed by atoms with Gasteiger partial charge in [-0.3, -0.25) is 4.79 Å². The van der Waals surface area contributed by atoms with Gasteiger partial charge in [-0.25, -0.2) is 4.39 Å². The van der Waals surface area contributed by atoms with E-state index in [0.717, 1.165) is 5.56 Å². The summed E-state index contributed by atoms with van der Waals surface area (Å²) in [5.74, 6) is 1.80. The largest absolute Gasteiger partial charge is 0.486 e. The van der Waals surface area contributed by atoms with Crippen LogP contribution in [0.1, 0.15) is 11.4 Å². The van der Waals surface area contributed by atoms with Crippen LogP contribution in [-0.2, 0) is 17.8 Å². The number of nitrogens with one attached hydrogen (secondary N) is 1. The van der Waals surface area contributed by atoms with Gasteiger partial charge in [-0.2, -0.15) is 0 Å². The molecule has 9 heteroatoms. The molecule has 32 heavy (non-hydrogen) atoms. The van der Waals surface area contributed by atoms with E-state index in [-0.39, 0.29) is 24.7 Å². The standard InChI is InChI=1S/C23H18FN3O5/c24-16-4-1-14(2-5-16)20-11-18(27-31-20)13-25-23(28)12-17-10-21(32-26-17)15-3-6-19-22(9-15)30-8-7-29-19/h1-6,9-11H,7-8,12-13H2,(H,25,28). The van der Waals surface area contributed by atoms with E-state index in [1.807, 2.05) is 18.2 Å². The lowest BCUT2D eigenvalue weighted by molar-refractivity contribution is -0.120. The number of rotatable bonds is 6. The van der Waals surface area contributed by atoms with E-state index in [2.05, 4.69) is 15.6 Å². The molecule has 8 nitrogen and oxygen atoms in total. The summed E-state index contributed by atoms with van der Waals surface area (Å²) in [5, 5.41) is 10.7. The first kappa shape index (κ1) is 19.8. The number of benzene rings is 2. The molecule has 2 aromatic carbocycles. The second-order valence-corrected chi connectivity index (χ2v) is 7.18. The van der Waals surface area contributed by atoms with Crippen LogP contribution in [0.5, 0.6) is 11.5 Å². The highest BCUT2D eigenvalue weighted by molar-refractivity contribution is 5.78. The fourth-order valence-corrected chi connectivity index (χ4v) is 3.29. The topological polar surface area (TPSA) is 99.6 Å². The van der Waals surface area contributed by atoms with Crippen molar-refractivity contribution in [2.24, 2.45) is 0 Å². The van der Waals surface area contributed by atoms with Crippen molar-refractivity contribution in [1.82, 2.24) is 15.6 Å². The molecule has 0 saturated carbocycles. The van der Waals surface area contributed by atoms with Crippen molar-refractivity contribution < 1.29 is 27.7 Å². The first-order valence-electron chi connectivity index (χ1n) is 9.98. The highest BCUT2D eigenvalue weighted by Crippen LogP contribution is 2.34. The molecule has 1 N–H and O–H groups in total. The Morgan fingerprint density at radius 1 is 0.844 bits per heavy atom. The summed E-state index contributed by atoms with van der Waals surface area (Å²) in [5.41, 5.74) is 2.53. The third kappa shape index (κ3) is 4.31. The van der Waals surface area contributed by atoms with Crippen molar-refractivity contribution in [3.63, 3.8) is 0 Å². The maximum absolute atomic E-state index is 13.0. The molecule has 0 bridgehead atoms. The van der Waals surface area contributed by atoms with Gasteiger partial charge in [0.2, 0.25) is 5.91 Å². The van der Waals surface area contributed by atoms with Gasteiger partial charge < -0.3 is 23.8 Å². The number of ether oxygens (including phenoxy) is 2. The summed E-state index contributed by atoms with van der Waals surface area (Å²) < 4.78 is 34.8. The predicted octanol–water partition coefficient (Wildman–Crippen LogP) is 3.77. The molecule has 2 aromatic heterocycles. The van der Waals surface area contributed by atoms with Crippen LogP contribution in [0.25, 0.3) is 22.6 Å². The third-order valence-electron chi connectivity index (χ3n) is 4.88. The average Bonchev–Trinajstić information content (AvgIpc) is 3.48. The Balaban J connectivity index is 1.18. The van der Waals surface area contributed by atoms with E-state index in [1.54, 1.807) is 24.3 Å². The molecular formula is C23H18FN3O5. The number of fused-ring (bicyclic) bond motifs is 1. The molecule has 0 saturated heterocycles. The lowest BCUT2D eigenvalue weighted by atomic mass is 10.1. The van der Waals surface area contributed by atoms with E-state index in [1.165, 1.54) is 12.1 Å². The zero-order valence-corrected chi connectivity index (χ0v) is 16.8. The summed E-state index contributed by atoms with van der Waals surface area (Å²) >= 11 is 0. The number of hydrogen-bond donors (Lipinski definition) is 1. The average molecular weight is 435 g/mol. The second-order valence-electron chi connectivity index (χ2n) is 7.18. The Labute approximate surface area is 181 Å². The molecular weight excluding hydrogens is 417 g/mol. The second kappa shape index (κ2) is 8.54. The van der Waals surface area contributed by atoms with Crippen LogP contribution in [0.4, 0.5) is 4.39 Å². The maximum atomic E-state index is 13.0. The minimum absolute atomic E-state index is 0.0523. The highest BCUT2D eigenvalue weighted by atomic mass is 19.1. The molecule has 1 aliphatic heterocycles. The first-order valence-corrected chi connectivity index (χ1v) is 9.98. The van der Waals surface area contributed by atoms with Gasteiger partial charge in [-0.05, 0) is 42.5 Å². The first-order chi connectivity index (χ1) is 15.6. The summed E-state index contributed by atoms with van der Waals surface area (Å²) in [6, 6.07) is 14.8. The van der Waals surface area contributed by atoms with Crippen LogP contribution in [0.15, 0.2) is 63.6 Å². The Morgan fingerprint density at radius 3 is 2.31 bits per heavy atom. The van der Waals surface area contributed by atoms with Gasteiger partial charge in [0.1, 0.15) is 24.7 Å². The van der Waals surface area contributed by atoms with Crippen LogP contribution < -0.4 is 14.8 Å². The van der Waals surface area contributed by atoms with E-state index >= 15 is 0 Å². The Morgan fingerprint density at radius 2 is 1.50 bits per heavy atom. The van der Waals surface area contributed by atoms with Gasteiger partial charge >= 0.3 is 0 Å². The highest BCUT2D eigenvalue weighted by Gasteiger charge is 2.16. The Bertz CT molecular complexity index is 1250. The zero-order valence-electron chi connectivity index (χ0n) is 16.8. The molecule has 0 atom stereocenters. The maximum Gasteiger partial charge on any atom is 0.226 e. The number of carbonyl (C=O) groups is 1. The zero-order chi connectivity index (χ0) is 21.9. The molecule has 0 radical (unpaired) electrons. The number of amides is 1. The van der Waals surface area contributed by atoms with E-state index < -0.39 is 0 Å². The van der Waals surface area contributed by atoms with E-state index in [4.69, 9.17) is 18.5 Å². The lowest BCUT2D eigenvalue weighted by Gasteiger charge is -2.18. The molecule has 0 unspecified atom stereocenters. The van der Waals surface area contributed by atoms with Gasteiger partial charge in [-0.1, -0.05) is 10.3 Å². The summed E-state index contributed by atoms with van der Waals surface area (Å²) in [6.45, 7) is 1.21. The quantitative estimate of drug-likeness (QED) is 0.492. The summed E-state index contributed by atoms with van der Waals surface area (Å²) in [7, 11) is 0. The van der Waals surface area contributed by atoms with Crippen molar-refractivity contribution in [3.05, 3.63) is 71.8 Å². The lowest BCUT2D eigenvalue weighted by Crippen LogP contribution is -2.24. The van der Waals surface area contributed by atoms with Crippen molar-refractivity contribution in [2.75, 3.05) is 13.2 Å². The molecule has 4 aromatic rings. The van der Waals surface area contributed by atoms with Gasteiger partial charge in [-0.15, -0.1) is 0 Å². The van der Waals surface area contributed by atoms with Crippen LogP contribution in [0.3, 0.4) is 0 Å². The molecule has 0 spiro atoms. The van der Waals surface area contributed by atoms with Crippen LogP contribution in [0, 0.1) is 5.82 Å². The van der Waals surface area contributed by atoms with Crippen molar-refractivity contribution in [1.29, 1.82) is 0 Å². The number of halogens is 1. The van der Waals surface area contributed by atoms with Gasteiger partial charge in [0.25, 0.3) is 0 Å². The Hall–Kier alpha value is -4.14. The Kier molecular flexibility index (Phi) is 5.29. The fourth-order valence-electron chi connectivity index (χ4n) is 3.29. The number of aromatic nitrogens is 2. The van der Waals surface area contributed by atoms with Crippen molar-refractivity contribution in [2.45, 2.75) is 13.0 Å². The normalized spacial score (nSPS) is 12.5. The van der Waals surface area contributed by atoms with E-state index in [0.29, 0.717) is 53.2 Å². The molecule has 5 rings (SSSR count). The van der Waals surface area contributed by atoms with Gasteiger partial charge in [0.15, 0.2) is 23.0 Å².